The van der Waals surface area contributed by atoms with Gasteiger partial charge in [-0.2, -0.15) is 0 Å². The highest BCUT2D eigenvalue weighted by atomic mass is 19.2. The second-order valence-corrected chi connectivity index (χ2v) is 5.88. The quantitative estimate of drug-likeness (QED) is 0.744. The van der Waals surface area contributed by atoms with E-state index in [1.54, 1.807) is 12.1 Å². The molecule has 0 aromatic heterocycles. The van der Waals surface area contributed by atoms with Gasteiger partial charge in [0.05, 0.1) is 0 Å². The maximum absolute atomic E-state index is 14.1. The number of nitrogens with zero attached hydrogens (tertiary/aromatic N) is 1. The Morgan fingerprint density at radius 2 is 2.00 bits per heavy atom. The van der Waals surface area contributed by atoms with Gasteiger partial charge in [0.2, 0.25) is 0 Å². The Morgan fingerprint density at radius 1 is 1.24 bits per heavy atom. The zero-order valence-electron chi connectivity index (χ0n) is 13.0. The highest BCUT2D eigenvalue weighted by molar-refractivity contribution is 5.23. The number of benzene rings is 1. The van der Waals surface area contributed by atoms with Crippen molar-refractivity contribution >= 4 is 0 Å². The number of hydrogen-bond acceptors (Lipinski definition) is 2. The lowest BCUT2D eigenvalue weighted by atomic mass is 10.0. The van der Waals surface area contributed by atoms with Crippen molar-refractivity contribution < 1.29 is 8.78 Å². The van der Waals surface area contributed by atoms with Gasteiger partial charge in [0.15, 0.2) is 11.6 Å². The van der Waals surface area contributed by atoms with E-state index in [4.69, 9.17) is 0 Å². The molecule has 0 amide bonds. The Hall–Kier alpha value is -1.00. The van der Waals surface area contributed by atoms with Crippen LogP contribution in [0.3, 0.4) is 0 Å². The summed E-state index contributed by atoms with van der Waals surface area (Å²) in [4.78, 5) is 2.41. The first-order valence-corrected chi connectivity index (χ1v) is 8.08. The van der Waals surface area contributed by atoms with Crippen molar-refractivity contribution in [1.29, 1.82) is 0 Å². The van der Waals surface area contributed by atoms with Gasteiger partial charge in [-0.15, -0.1) is 0 Å². The molecule has 1 aliphatic rings. The van der Waals surface area contributed by atoms with E-state index in [0.717, 1.165) is 32.5 Å². The minimum Gasteiger partial charge on any atom is -0.309 e. The molecule has 1 unspecified atom stereocenters. The monoisotopic (exact) mass is 296 g/mol. The standard InChI is InChI=1S/C17H26F2N2/c1-3-10-20-16(12-21(11-4-2)13-8-9-13)14-6-5-7-15(18)17(14)19/h5-7,13,16,20H,3-4,8-12H2,1-2H3. The van der Waals surface area contributed by atoms with E-state index in [1.807, 2.05) is 0 Å². The van der Waals surface area contributed by atoms with Crippen LogP contribution in [-0.4, -0.2) is 30.6 Å². The van der Waals surface area contributed by atoms with Crippen LogP contribution in [0.4, 0.5) is 8.78 Å². The zero-order valence-corrected chi connectivity index (χ0v) is 13.0. The van der Waals surface area contributed by atoms with Crippen molar-refractivity contribution in [2.45, 2.75) is 51.6 Å². The van der Waals surface area contributed by atoms with Crippen LogP contribution in [0.25, 0.3) is 0 Å². The summed E-state index contributed by atoms with van der Waals surface area (Å²) in [5, 5.41) is 3.38. The summed E-state index contributed by atoms with van der Waals surface area (Å²) in [5.74, 6) is -1.47. The Labute approximate surface area is 126 Å². The van der Waals surface area contributed by atoms with Crippen molar-refractivity contribution in [2.75, 3.05) is 19.6 Å². The average Bonchev–Trinajstić information content (AvgIpc) is 3.30. The SMILES string of the molecule is CCCNC(CN(CCC)C1CC1)c1cccc(F)c1F. The van der Waals surface area contributed by atoms with Gasteiger partial charge < -0.3 is 5.32 Å². The number of rotatable bonds is 9. The number of nitrogens with one attached hydrogen (secondary N) is 1. The zero-order chi connectivity index (χ0) is 15.2. The van der Waals surface area contributed by atoms with Gasteiger partial charge in [-0.3, -0.25) is 4.90 Å². The molecule has 1 aromatic carbocycles. The molecule has 0 saturated heterocycles. The molecule has 2 rings (SSSR count). The summed E-state index contributed by atoms with van der Waals surface area (Å²) in [7, 11) is 0. The molecule has 1 fully saturated rings. The molecule has 4 heteroatoms. The van der Waals surface area contributed by atoms with Crippen LogP contribution in [0, 0.1) is 11.6 Å². The molecular formula is C17H26F2N2. The van der Waals surface area contributed by atoms with E-state index in [9.17, 15) is 8.78 Å². The van der Waals surface area contributed by atoms with Crippen molar-refractivity contribution in [1.82, 2.24) is 10.2 Å². The van der Waals surface area contributed by atoms with Gasteiger partial charge in [0.1, 0.15) is 0 Å². The second kappa shape index (κ2) is 7.85. The van der Waals surface area contributed by atoms with Gasteiger partial charge >= 0.3 is 0 Å². The van der Waals surface area contributed by atoms with Crippen molar-refractivity contribution in [3.8, 4) is 0 Å². The summed E-state index contributed by atoms with van der Waals surface area (Å²) >= 11 is 0. The topological polar surface area (TPSA) is 15.3 Å². The minimum atomic E-state index is -0.760. The lowest BCUT2D eigenvalue weighted by Crippen LogP contribution is -2.37. The molecule has 1 N–H and O–H groups in total. The molecule has 21 heavy (non-hydrogen) atoms. The third-order valence-electron chi connectivity index (χ3n) is 3.99. The molecule has 0 aliphatic heterocycles. The molecule has 1 aromatic rings. The Morgan fingerprint density at radius 3 is 2.62 bits per heavy atom. The first-order valence-electron chi connectivity index (χ1n) is 8.08. The summed E-state index contributed by atoms with van der Waals surface area (Å²) in [6.45, 7) is 6.82. The molecule has 1 saturated carbocycles. The lowest BCUT2D eigenvalue weighted by molar-refractivity contribution is 0.230. The van der Waals surface area contributed by atoms with Crippen LogP contribution in [0.1, 0.15) is 51.1 Å². The predicted octanol–water partition coefficient (Wildman–Crippen LogP) is 3.88. The highest BCUT2D eigenvalue weighted by Crippen LogP contribution is 2.29. The minimum absolute atomic E-state index is 0.146. The van der Waals surface area contributed by atoms with Gasteiger partial charge in [0, 0.05) is 24.2 Å². The van der Waals surface area contributed by atoms with Crippen LogP contribution in [0.15, 0.2) is 18.2 Å². The van der Waals surface area contributed by atoms with Gasteiger partial charge in [0.25, 0.3) is 0 Å². The first-order chi connectivity index (χ1) is 10.2. The summed E-state index contributed by atoms with van der Waals surface area (Å²) in [5.41, 5.74) is 0.449. The van der Waals surface area contributed by atoms with Crippen LogP contribution in [0.5, 0.6) is 0 Å². The lowest BCUT2D eigenvalue weighted by Gasteiger charge is -2.28. The molecule has 2 nitrogen and oxygen atoms in total. The van der Waals surface area contributed by atoms with Crippen molar-refractivity contribution in [3.63, 3.8) is 0 Å². The van der Waals surface area contributed by atoms with Crippen molar-refractivity contribution in [3.05, 3.63) is 35.4 Å². The Balaban J connectivity index is 2.14. The Bertz CT molecular complexity index is 446. The summed E-state index contributed by atoms with van der Waals surface area (Å²) in [6, 6.07) is 4.96. The molecule has 0 heterocycles. The van der Waals surface area contributed by atoms with Crippen LogP contribution < -0.4 is 5.32 Å². The second-order valence-electron chi connectivity index (χ2n) is 5.88. The molecule has 1 aliphatic carbocycles. The molecular weight excluding hydrogens is 270 g/mol. The molecule has 0 radical (unpaired) electrons. The fourth-order valence-corrected chi connectivity index (χ4v) is 2.77. The number of halogens is 2. The molecule has 0 spiro atoms. The van der Waals surface area contributed by atoms with Gasteiger partial charge in [-0.1, -0.05) is 26.0 Å². The van der Waals surface area contributed by atoms with E-state index in [0.29, 0.717) is 11.6 Å². The molecule has 1 atom stereocenters. The van der Waals surface area contributed by atoms with E-state index < -0.39 is 11.6 Å². The third kappa shape index (κ3) is 4.48. The van der Waals surface area contributed by atoms with E-state index in [2.05, 4.69) is 24.1 Å². The fourth-order valence-electron chi connectivity index (χ4n) is 2.77. The summed E-state index contributed by atoms with van der Waals surface area (Å²) in [6.07, 6.45) is 4.52. The van der Waals surface area contributed by atoms with Crippen LogP contribution >= 0.6 is 0 Å². The van der Waals surface area contributed by atoms with Gasteiger partial charge in [-0.25, -0.2) is 8.78 Å². The first kappa shape index (κ1) is 16.4. The largest absolute Gasteiger partial charge is 0.309 e. The number of hydrogen-bond donors (Lipinski definition) is 1. The molecule has 118 valence electrons. The maximum Gasteiger partial charge on any atom is 0.163 e. The van der Waals surface area contributed by atoms with Crippen molar-refractivity contribution in [2.24, 2.45) is 0 Å². The van der Waals surface area contributed by atoms with Gasteiger partial charge in [-0.05, 0) is 44.8 Å². The fraction of sp³-hybridized carbons (Fsp3) is 0.647. The highest BCUT2D eigenvalue weighted by Gasteiger charge is 2.31. The summed E-state index contributed by atoms with van der Waals surface area (Å²) < 4.78 is 27.6. The average molecular weight is 296 g/mol. The Kier molecular flexibility index (Phi) is 6.12. The van der Waals surface area contributed by atoms with E-state index >= 15 is 0 Å². The normalized spacial score (nSPS) is 16.4. The van der Waals surface area contributed by atoms with Crippen LogP contribution in [0.2, 0.25) is 0 Å². The smallest absolute Gasteiger partial charge is 0.163 e. The molecule has 0 bridgehead atoms. The van der Waals surface area contributed by atoms with E-state index in [-0.39, 0.29) is 6.04 Å². The third-order valence-corrected chi connectivity index (χ3v) is 3.99. The van der Waals surface area contributed by atoms with Crippen LogP contribution in [-0.2, 0) is 0 Å². The van der Waals surface area contributed by atoms with E-state index in [1.165, 1.54) is 18.9 Å². The maximum atomic E-state index is 14.1. The predicted molar refractivity (Wildman–Crippen MR) is 82.3 cm³/mol.